The number of benzene rings is 2. The summed E-state index contributed by atoms with van der Waals surface area (Å²) in [4.78, 5) is 29.1. The molecule has 2 heterocycles. The quantitative estimate of drug-likeness (QED) is 0.307. The molecule has 9 heteroatoms. The van der Waals surface area contributed by atoms with Gasteiger partial charge in [0.1, 0.15) is 5.75 Å². The van der Waals surface area contributed by atoms with Gasteiger partial charge < -0.3 is 14.6 Å². The zero-order valence-electron chi connectivity index (χ0n) is 16.6. The fourth-order valence-corrected chi connectivity index (χ4v) is 4.46. The molecule has 1 aliphatic rings. The van der Waals surface area contributed by atoms with Crippen LogP contribution in [0, 0.1) is 0 Å². The number of aromatic carboxylic acids is 1. The van der Waals surface area contributed by atoms with Crippen molar-refractivity contribution in [2.75, 3.05) is 19.0 Å². The number of halogens is 1. The van der Waals surface area contributed by atoms with Crippen molar-refractivity contribution in [1.82, 2.24) is 9.55 Å². The van der Waals surface area contributed by atoms with Crippen molar-refractivity contribution in [2.24, 2.45) is 0 Å². The first kappa shape index (κ1) is 21.7. The van der Waals surface area contributed by atoms with Gasteiger partial charge in [-0.3, -0.25) is 9.36 Å². The number of aromatic nitrogens is 2. The summed E-state index contributed by atoms with van der Waals surface area (Å²) in [5, 5.41) is 10.7. The zero-order chi connectivity index (χ0) is 21.8. The monoisotopic (exact) mass is 460 g/mol. The first-order valence-corrected chi connectivity index (χ1v) is 11.3. The zero-order valence-corrected chi connectivity index (χ0v) is 18.2. The standard InChI is InChI=1S/C22H21ClN2O5S/c23-17-5-1-2-6-19(17)30-10-11-31-22-24-18-12-14(21(27)28)7-8-16(18)20(26)25(22)13-15-4-3-9-29-15/h1-2,5-8,12,15H,3-4,9-11,13H2,(H,27,28)/t15-/m0/s1. The molecule has 0 amide bonds. The maximum Gasteiger partial charge on any atom is 0.335 e. The highest BCUT2D eigenvalue weighted by molar-refractivity contribution is 7.99. The molecule has 1 aromatic heterocycles. The molecule has 0 spiro atoms. The van der Waals surface area contributed by atoms with Crippen molar-refractivity contribution in [3.63, 3.8) is 0 Å². The highest BCUT2D eigenvalue weighted by Gasteiger charge is 2.20. The normalized spacial score (nSPS) is 16.0. The molecule has 0 radical (unpaired) electrons. The molecule has 1 N–H and O–H groups in total. The number of carboxylic acid groups (broad SMARTS) is 1. The fourth-order valence-electron chi connectivity index (χ4n) is 3.44. The second kappa shape index (κ2) is 9.72. The molecule has 31 heavy (non-hydrogen) atoms. The highest BCUT2D eigenvalue weighted by Crippen LogP contribution is 2.25. The molecule has 0 unspecified atom stereocenters. The van der Waals surface area contributed by atoms with Gasteiger partial charge in [-0.1, -0.05) is 35.5 Å². The Kier molecular flexibility index (Phi) is 6.80. The Morgan fingerprint density at radius 2 is 2.16 bits per heavy atom. The van der Waals surface area contributed by atoms with Crippen LogP contribution in [0.1, 0.15) is 23.2 Å². The van der Waals surface area contributed by atoms with E-state index in [2.05, 4.69) is 4.98 Å². The molecule has 7 nitrogen and oxygen atoms in total. The van der Waals surface area contributed by atoms with E-state index < -0.39 is 5.97 Å². The van der Waals surface area contributed by atoms with Gasteiger partial charge in [-0.2, -0.15) is 0 Å². The predicted molar refractivity (Wildman–Crippen MR) is 120 cm³/mol. The molecule has 1 saturated heterocycles. The summed E-state index contributed by atoms with van der Waals surface area (Å²) in [6.07, 6.45) is 1.83. The number of hydrogen-bond acceptors (Lipinski definition) is 6. The van der Waals surface area contributed by atoms with Crippen molar-refractivity contribution >= 4 is 40.2 Å². The Morgan fingerprint density at radius 1 is 1.32 bits per heavy atom. The highest BCUT2D eigenvalue weighted by atomic mass is 35.5. The number of ether oxygens (including phenoxy) is 2. The lowest BCUT2D eigenvalue weighted by molar-refractivity contribution is 0.0697. The van der Waals surface area contributed by atoms with Gasteiger partial charge in [-0.25, -0.2) is 9.78 Å². The predicted octanol–water partition coefficient (Wildman–Crippen LogP) is 4.10. The minimum Gasteiger partial charge on any atom is -0.491 e. The summed E-state index contributed by atoms with van der Waals surface area (Å²) < 4.78 is 13.1. The number of nitrogens with zero attached hydrogens (tertiary/aromatic N) is 2. The van der Waals surface area contributed by atoms with Gasteiger partial charge in [0.05, 0.1) is 40.7 Å². The fraction of sp³-hybridized carbons (Fsp3) is 0.318. The van der Waals surface area contributed by atoms with Crippen LogP contribution < -0.4 is 10.3 Å². The van der Waals surface area contributed by atoms with E-state index in [4.69, 9.17) is 21.1 Å². The van der Waals surface area contributed by atoms with Crippen molar-refractivity contribution in [3.05, 3.63) is 63.4 Å². The maximum absolute atomic E-state index is 13.2. The van der Waals surface area contributed by atoms with Crippen molar-refractivity contribution in [1.29, 1.82) is 0 Å². The summed E-state index contributed by atoms with van der Waals surface area (Å²) in [5.74, 6) is 0.0708. The van der Waals surface area contributed by atoms with Gasteiger partial charge in [0.25, 0.3) is 5.56 Å². The summed E-state index contributed by atoms with van der Waals surface area (Å²) in [7, 11) is 0. The van der Waals surface area contributed by atoms with Crippen LogP contribution >= 0.6 is 23.4 Å². The molecule has 2 aromatic carbocycles. The Bertz CT molecular complexity index is 1160. The van der Waals surface area contributed by atoms with Crippen LogP contribution in [-0.4, -0.2) is 45.7 Å². The Balaban J connectivity index is 1.59. The molecule has 1 atom stereocenters. The largest absolute Gasteiger partial charge is 0.491 e. The Labute approximate surface area is 188 Å². The lowest BCUT2D eigenvalue weighted by Crippen LogP contribution is -2.29. The summed E-state index contributed by atoms with van der Waals surface area (Å²) in [6, 6.07) is 11.6. The first-order valence-electron chi connectivity index (χ1n) is 9.92. The average Bonchev–Trinajstić information content (AvgIpc) is 3.27. The van der Waals surface area contributed by atoms with Gasteiger partial charge in [0, 0.05) is 12.4 Å². The summed E-state index contributed by atoms with van der Waals surface area (Å²) in [6.45, 7) is 1.48. The van der Waals surface area contributed by atoms with Gasteiger partial charge in [-0.05, 0) is 43.2 Å². The lowest BCUT2D eigenvalue weighted by atomic mass is 10.1. The third-order valence-electron chi connectivity index (χ3n) is 4.99. The van der Waals surface area contributed by atoms with E-state index in [1.165, 1.54) is 30.0 Å². The lowest BCUT2D eigenvalue weighted by Gasteiger charge is -2.17. The average molecular weight is 461 g/mol. The van der Waals surface area contributed by atoms with E-state index in [0.717, 1.165) is 12.8 Å². The molecule has 4 rings (SSSR count). The van der Waals surface area contributed by atoms with E-state index in [0.29, 0.717) is 52.3 Å². The van der Waals surface area contributed by atoms with Crippen LogP contribution in [0.15, 0.2) is 52.4 Å². The molecule has 3 aromatic rings. The van der Waals surface area contributed by atoms with Crippen LogP contribution in [0.3, 0.4) is 0 Å². The molecule has 0 saturated carbocycles. The number of rotatable bonds is 8. The number of hydrogen-bond donors (Lipinski definition) is 1. The number of para-hydroxylation sites is 1. The second-order valence-corrected chi connectivity index (χ2v) is 8.58. The summed E-state index contributed by atoms with van der Waals surface area (Å²) in [5.41, 5.74) is 0.254. The van der Waals surface area contributed by atoms with Gasteiger partial charge in [0.2, 0.25) is 0 Å². The molecular formula is C22H21ClN2O5S. The number of fused-ring (bicyclic) bond motifs is 1. The topological polar surface area (TPSA) is 90.7 Å². The molecule has 0 aliphatic carbocycles. The molecule has 1 fully saturated rings. The third-order valence-corrected chi connectivity index (χ3v) is 6.24. The van der Waals surface area contributed by atoms with Crippen LogP contribution in [-0.2, 0) is 11.3 Å². The van der Waals surface area contributed by atoms with Gasteiger partial charge in [-0.15, -0.1) is 0 Å². The van der Waals surface area contributed by atoms with Crippen molar-refractivity contribution in [3.8, 4) is 5.75 Å². The van der Waals surface area contributed by atoms with E-state index in [1.54, 1.807) is 16.7 Å². The molecule has 0 bridgehead atoms. The van der Waals surface area contributed by atoms with Crippen LogP contribution in [0.4, 0.5) is 0 Å². The maximum atomic E-state index is 13.2. The van der Waals surface area contributed by atoms with Gasteiger partial charge >= 0.3 is 5.97 Å². The molecule has 1 aliphatic heterocycles. The SMILES string of the molecule is O=C(O)c1ccc2c(=O)n(C[C@@H]3CCCO3)c(SCCOc3ccccc3Cl)nc2c1. The molecular weight excluding hydrogens is 440 g/mol. The van der Waals surface area contributed by atoms with E-state index in [9.17, 15) is 14.7 Å². The molecule has 162 valence electrons. The number of carboxylic acids is 1. The van der Waals surface area contributed by atoms with Gasteiger partial charge in [0.15, 0.2) is 5.16 Å². The van der Waals surface area contributed by atoms with Crippen molar-refractivity contribution < 1.29 is 19.4 Å². The minimum absolute atomic E-state index is 0.0334. The number of thioether (sulfide) groups is 1. The van der Waals surface area contributed by atoms with Crippen LogP contribution in [0.25, 0.3) is 10.9 Å². The Morgan fingerprint density at radius 3 is 2.90 bits per heavy atom. The van der Waals surface area contributed by atoms with E-state index >= 15 is 0 Å². The smallest absolute Gasteiger partial charge is 0.335 e. The summed E-state index contributed by atoms with van der Waals surface area (Å²) >= 11 is 7.50. The van der Waals surface area contributed by atoms with E-state index in [1.807, 2.05) is 12.1 Å². The number of carbonyl (C=O) groups is 1. The second-order valence-electron chi connectivity index (χ2n) is 7.11. The minimum atomic E-state index is -1.06. The Hall–Kier alpha value is -2.55. The first-order chi connectivity index (χ1) is 15.0. The third kappa shape index (κ3) is 5.03. The van der Waals surface area contributed by atoms with E-state index in [-0.39, 0.29) is 17.2 Å². The van der Waals surface area contributed by atoms with Crippen molar-refractivity contribution in [2.45, 2.75) is 30.6 Å². The van der Waals surface area contributed by atoms with Crippen LogP contribution in [0.5, 0.6) is 5.75 Å². The van der Waals surface area contributed by atoms with Crippen LogP contribution in [0.2, 0.25) is 5.02 Å².